The van der Waals surface area contributed by atoms with E-state index < -0.39 is 58.1 Å². The Labute approximate surface area is 242 Å². The molecule has 1 aromatic rings. The molecule has 1 heterocycles. The Morgan fingerprint density at radius 3 is 2.02 bits per heavy atom. The lowest BCUT2D eigenvalue weighted by Gasteiger charge is -2.56. The van der Waals surface area contributed by atoms with Gasteiger partial charge in [-0.3, -0.25) is 19.2 Å². The minimum Gasteiger partial charge on any atom is -0.347 e. The molecule has 41 heavy (non-hydrogen) atoms. The lowest BCUT2D eigenvalue weighted by Crippen LogP contribution is -2.75. The van der Waals surface area contributed by atoms with Crippen LogP contribution in [-0.4, -0.2) is 70.7 Å². The van der Waals surface area contributed by atoms with Gasteiger partial charge in [-0.15, -0.1) is 0 Å². The van der Waals surface area contributed by atoms with Gasteiger partial charge in [0.05, 0.1) is 6.04 Å². The number of carbonyl (C=O) groups is 5. The molecule has 5 amide bonds. The third kappa shape index (κ3) is 6.73. The Bertz CT molecular complexity index is 1200. The van der Waals surface area contributed by atoms with E-state index in [0.717, 1.165) is 24.0 Å². The standard InChI is InChI=1S/C31H45N5O5/c1-8-21(22(37)25(38)32-20-13-14-20)33-26(39)24-31(15-18-11-9-10-12-19(18)16-31)17-36(24)27(40)23(29(2,3)4)34-28(41)35-30(5,6)7/h9-12,20-21,23-24H,8,13-17H2,1-7H3,(H,32,38)(H,33,39)(H2,34,35,41)/t21?,23-,24?/m1/s1. The number of amides is 5. The molecule has 1 saturated carbocycles. The molecule has 1 spiro atoms. The van der Waals surface area contributed by atoms with Crippen molar-refractivity contribution in [2.75, 3.05) is 6.54 Å². The maximum absolute atomic E-state index is 14.1. The van der Waals surface area contributed by atoms with Crippen molar-refractivity contribution in [2.24, 2.45) is 10.8 Å². The molecule has 0 bridgehead atoms. The predicted octanol–water partition coefficient (Wildman–Crippen LogP) is 2.24. The minimum absolute atomic E-state index is 0.0250. The van der Waals surface area contributed by atoms with Crippen molar-refractivity contribution < 1.29 is 24.0 Å². The van der Waals surface area contributed by atoms with Gasteiger partial charge in [-0.25, -0.2) is 4.79 Å². The van der Waals surface area contributed by atoms with Gasteiger partial charge < -0.3 is 26.2 Å². The van der Waals surface area contributed by atoms with E-state index in [0.29, 0.717) is 19.4 Å². The lowest BCUT2D eigenvalue weighted by molar-refractivity contribution is -0.168. The molecule has 3 atom stereocenters. The first-order valence-corrected chi connectivity index (χ1v) is 14.7. The molecule has 4 rings (SSSR count). The van der Waals surface area contributed by atoms with E-state index >= 15 is 0 Å². The SMILES string of the molecule is CCC(NC(=O)C1N(C(=O)[C@@H](NC(=O)NC(C)(C)C)C(C)(C)C)CC12Cc1ccccc1C2)C(=O)C(=O)NC1CC1. The number of carbonyl (C=O) groups excluding carboxylic acids is 5. The maximum atomic E-state index is 14.1. The molecule has 2 unspecified atom stereocenters. The fourth-order valence-corrected chi connectivity index (χ4v) is 5.96. The van der Waals surface area contributed by atoms with Gasteiger partial charge in [-0.2, -0.15) is 0 Å². The minimum atomic E-state index is -0.992. The quantitative estimate of drug-likeness (QED) is 0.357. The van der Waals surface area contributed by atoms with E-state index in [9.17, 15) is 24.0 Å². The second-order valence-electron chi connectivity index (χ2n) is 14.1. The van der Waals surface area contributed by atoms with Crippen LogP contribution in [0.1, 0.15) is 78.9 Å². The molecule has 1 aromatic carbocycles. The summed E-state index contributed by atoms with van der Waals surface area (Å²) in [5.41, 5.74) is 0.607. The molecular weight excluding hydrogens is 522 g/mol. The van der Waals surface area contributed by atoms with Crippen molar-refractivity contribution in [1.29, 1.82) is 0 Å². The number of ketones is 1. The summed E-state index contributed by atoms with van der Waals surface area (Å²) in [4.78, 5) is 67.8. The first kappa shape index (κ1) is 30.5. The monoisotopic (exact) mass is 567 g/mol. The van der Waals surface area contributed by atoms with Gasteiger partial charge >= 0.3 is 6.03 Å². The Balaban J connectivity index is 1.58. The van der Waals surface area contributed by atoms with Gasteiger partial charge in [0.2, 0.25) is 17.6 Å². The molecule has 1 saturated heterocycles. The van der Waals surface area contributed by atoms with Crippen molar-refractivity contribution in [2.45, 2.75) is 110 Å². The molecule has 1 aliphatic heterocycles. The van der Waals surface area contributed by atoms with Crippen LogP contribution in [0.15, 0.2) is 24.3 Å². The molecule has 2 fully saturated rings. The first-order valence-electron chi connectivity index (χ1n) is 14.7. The second kappa shape index (κ2) is 11.1. The Morgan fingerprint density at radius 2 is 1.54 bits per heavy atom. The third-order valence-electron chi connectivity index (χ3n) is 8.17. The summed E-state index contributed by atoms with van der Waals surface area (Å²) in [6, 6.07) is 4.83. The molecule has 3 aliphatic rings. The van der Waals surface area contributed by atoms with Crippen LogP contribution in [0.5, 0.6) is 0 Å². The molecule has 224 valence electrons. The molecule has 0 radical (unpaired) electrons. The van der Waals surface area contributed by atoms with Crippen LogP contribution >= 0.6 is 0 Å². The zero-order valence-corrected chi connectivity index (χ0v) is 25.3. The number of benzene rings is 1. The maximum Gasteiger partial charge on any atom is 0.315 e. The zero-order chi connectivity index (χ0) is 30.3. The smallest absolute Gasteiger partial charge is 0.315 e. The van der Waals surface area contributed by atoms with Gasteiger partial charge in [0.1, 0.15) is 12.1 Å². The molecule has 2 aliphatic carbocycles. The van der Waals surface area contributed by atoms with Crippen LogP contribution in [0.2, 0.25) is 0 Å². The van der Waals surface area contributed by atoms with Crippen LogP contribution in [0.25, 0.3) is 0 Å². The van der Waals surface area contributed by atoms with Gasteiger partial charge in [0.15, 0.2) is 0 Å². The number of rotatable bonds is 8. The van der Waals surface area contributed by atoms with Crippen molar-refractivity contribution >= 4 is 29.5 Å². The molecule has 0 aromatic heterocycles. The molecule has 10 nitrogen and oxygen atoms in total. The van der Waals surface area contributed by atoms with Crippen LogP contribution in [-0.2, 0) is 32.0 Å². The summed E-state index contributed by atoms with van der Waals surface area (Å²) in [5.74, 6) is -2.18. The van der Waals surface area contributed by atoms with Gasteiger partial charge in [0, 0.05) is 23.5 Å². The summed E-state index contributed by atoms with van der Waals surface area (Å²) in [6.45, 7) is 13.3. The largest absolute Gasteiger partial charge is 0.347 e. The average Bonchev–Trinajstić information content (AvgIpc) is 3.57. The van der Waals surface area contributed by atoms with E-state index in [2.05, 4.69) is 21.3 Å². The van der Waals surface area contributed by atoms with Crippen molar-refractivity contribution in [3.63, 3.8) is 0 Å². The fourth-order valence-electron chi connectivity index (χ4n) is 5.96. The highest BCUT2D eigenvalue weighted by molar-refractivity contribution is 6.38. The number of nitrogens with one attached hydrogen (secondary N) is 4. The normalized spacial score (nSPS) is 20.8. The highest BCUT2D eigenvalue weighted by Crippen LogP contribution is 2.49. The topological polar surface area (TPSA) is 137 Å². The fraction of sp³-hybridized carbons (Fsp3) is 0.645. The molecular formula is C31H45N5O5. The molecule has 4 N–H and O–H groups in total. The summed E-state index contributed by atoms with van der Waals surface area (Å²) in [6.07, 6.45) is 3.18. The average molecular weight is 568 g/mol. The Kier molecular flexibility index (Phi) is 8.26. The number of hydrogen-bond donors (Lipinski definition) is 4. The van der Waals surface area contributed by atoms with Gasteiger partial charge in [0.25, 0.3) is 5.91 Å². The number of urea groups is 1. The van der Waals surface area contributed by atoms with E-state index in [-0.39, 0.29) is 18.4 Å². The molecule has 10 heteroatoms. The van der Waals surface area contributed by atoms with E-state index in [1.54, 1.807) is 6.92 Å². The van der Waals surface area contributed by atoms with E-state index in [1.165, 1.54) is 4.90 Å². The van der Waals surface area contributed by atoms with E-state index in [1.807, 2.05) is 65.8 Å². The lowest BCUT2D eigenvalue weighted by atomic mass is 9.67. The Morgan fingerprint density at radius 1 is 0.951 bits per heavy atom. The van der Waals surface area contributed by atoms with E-state index in [4.69, 9.17) is 0 Å². The third-order valence-corrected chi connectivity index (χ3v) is 8.17. The van der Waals surface area contributed by atoms with Gasteiger partial charge in [-0.1, -0.05) is 52.0 Å². The number of likely N-dealkylation sites (tertiary alicyclic amines) is 1. The number of nitrogens with zero attached hydrogens (tertiary/aromatic N) is 1. The number of Topliss-reactive ketones (excluding diaryl/α,β-unsaturated/α-hetero) is 1. The van der Waals surface area contributed by atoms with Crippen LogP contribution in [0, 0.1) is 10.8 Å². The van der Waals surface area contributed by atoms with Crippen LogP contribution in [0.4, 0.5) is 4.79 Å². The van der Waals surface area contributed by atoms with Crippen LogP contribution < -0.4 is 21.3 Å². The van der Waals surface area contributed by atoms with Crippen molar-refractivity contribution in [3.8, 4) is 0 Å². The van der Waals surface area contributed by atoms with Crippen molar-refractivity contribution in [3.05, 3.63) is 35.4 Å². The van der Waals surface area contributed by atoms with Crippen LogP contribution in [0.3, 0.4) is 0 Å². The highest BCUT2D eigenvalue weighted by Gasteiger charge is 2.61. The predicted molar refractivity (Wildman–Crippen MR) is 155 cm³/mol. The number of fused-ring (bicyclic) bond motifs is 1. The zero-order valence-electron chi connectivity index (χ0n) is 25.3. The summed E-state index contributed by atoms with van der Waals surface area (Å²) in [7, 11) is 0. The first-order chi connectivity index (χ1) is 19.0. The highest BCUT2D eigenvalue weighted by atomic mass is 16.2. The second-order valence-corrected chi connectivity index (χ2v) is 14.1. The Hall–Kier alpha value is -3.43. The van der Waals surface area contributed by atoms with Crippen molar-refractivity contribution in [1.82, 2.24) is 26.2 Å². The number of hydrogen-bond acceptors (Lipinski definition) is 5. The summed E-state index contributed by atoms with van der Waals surface area (Å²) in [5, 5.41) is 11.2. The van der Waals surface area contributed by atoms with Gasteiger partial charge in [-0.05, 0) is 69.4 Å². The summed E-state index contributed by atoms with van der Waals surface area (Å²) < 4.78 is 0. The summed E-state index contributed by atoms with van der Waals surface area (Å²) >= 11 is 0.